The summed E-state index contributed by atoms with van der Waals surface area (Å²) in [6, 6.07) is 4.38. The first-order valence-corrected chi connectivity index (χ1v) is 6.88. The first kappa shape index (κ1) is 12.5. The van der Waals surface area contributed by atoms with Crippen molar-refractivity contribution in [2.75, 3.05) is 18.0 Å². The third-order valence-electron chi connectivity index (χ3n) is 4.51. The van der Waals surface area contributed by atoms with Crippen molar-refractivity contribution < 1.29 is 14.3 Å². The lowest BCUT2D eigenvalue weighted by atomic mass is 9.68. The molecule has 0 radical (unpaired) electrons. The Kier molecular flexibility index (Phi) is 2.96. The number of rotatable bonds is 2. The Hall–Kier alpha value is -1.58. The summed E-state index contributed by atoms with van der Waals surface area (Å²) >= 11 is 0. The third kappa shape index (κ3) is 2.20. The van der Waals surface area contributed by atoms with E-state index in [2.05, 4.69) is 4.90 Å². The molecular weight excluding hydrogens is 245 g/mol. The molecule has 0 atom stereocenters. The van der Waals surface area contributed by atoms with Gasteiger partial charge in [0.05, 0.1) is 5.56 Å². The fourth-order valence-corrected chi connectivity index (χ4v) is 3.44. The minimum atomic E-state index is -1.20. The highest BCUT2D eigenvalue weighted by Gasteiger charge is 2.43. The van der Waals surface area contributed by atoms with Crippen molar-refractivity contribution in [3.05, 3.63) is 29.6 Å². The number of hydrogen-bond acceptors (Lipinski definition) is 2. The molecule has 4 heteroatoms. The number of aromatic carboxylic acids is 1. The average molecular weight is 263 g/mol. The zero-order valence-electron chi connectivity index (χ0n) is 10.9. The summed E-state index contributed by atoms with van der Waals surface area (Å²) in [5.74, 6) is -1.86. The SMILES string of the molecule is O=C(O)c1cc(N2CC3(CCCCC3)C2)ccc1F. The number of halogens is 1. The van der Waals surface area contributed by atoms with Crippen molar-refractivity contribution in [3.63, 3.8) is 0 Å². The Morgan fingerprint density at radius 2 is 1.89 bits per heavy atom. The van der Waals surface area contributed by atoms with Crippen LogP contribution < -0.4 is 4.90 Å². The van der Waals surface area contributed by atoms with Gasteiger partial charge in [-0.3, -0.25) is 0 Å². The second-order valence-electron chi connectivity index (χ2n) is 5.89. The molecule has 1 saturated carbocycles. The summed E-state index contributed by atoms with van der Waals surface area (Å²) in [5.41, 5.74) is 1.04. The molecule has 1 aromatic carbocycles. The monoisotopic (exact) mass is 263 g/mol. The second kappa shape index (κ2) is 4.51. The summed E-state index contributed by atoms with van der Waals surface area (Å²) in [5, 5.41) is 8.95. The Morgan fingerprint density at radius 1 is 1.21 bits per heavy atom. The van der Waals surface area contributed by atoms with Gasteiger partial charge in [0, 0.05) is 24.2 Å². The van der Waals surface area contributed by atoms with Crippen LogP contribution in [0, 0.1) is 11.2 Å². The van der Waals surface area contributed by atoms with E-state index in [1.165, 1.54) is 44.2 Å². The Morgan fingerprint density at radius 3 is 2.53 bits per heavy atom. The molecule has 0 amide bonds. The van der Waals surface area contributed by atoms with Crippen molar-refractivity contribution in [1.82, 2.24) is 0 Å². The quantitative estimate of drug-likeness (QED) is 0.890. The van der Waals surface area contributed by atoms with Gasteiger partial charge in [0.2, 0.25) is 0 Å². The topological polar surface area (TPSA) is 40.5 Å². The van der Waals surface area contributed by atoms with Crippen LogP contribution >= 0.6 is 0 Å². The van der Waals surface area contributed by atoms with Crippen LogP contribution in [0.1, 0.15) is 42.5 Å². The molecular formula is C15H18FNO2. The van der Waals surface area contributed by atoms with E-state index in [4.69, 9.17) is 5.11 Å². The molecule has 3 rings (SSSR count). The lowest BCUT2D eigenvalue weighted by molar-refractivity contribution is 0.0692. The van der Waals surface area contributed by atoms with E-state index in [1.807, 2.05) is 0 Å². The average Bonchev–Trinajstić information content (AvgIpc) is 2.37. The highest BCUT2D eigenvalue weighted by atomic mass is 19.1. The van der Waals surface area contributed by atoms with Gasteiger partial charge < -0.3 is 10.0 Å². The van der Waals surface area contributed by atoms with E-state index in [9.17, 15) is 9.18 Å². The van der Waals surface area contributed by atoms with Crippen LogP contribution in [0.15, 0.2) is 18.2 Å². The molecule has 0 bridgehead atoms. The predicted octanol–water partition coefficient (Wildman–Crippen LogP) is 3.29. The molecule has 1 aliphatic heterocycles. The molecule has 1 saturated heterocycles. The van der Waals surface area contributed by atoms with E-state index in [1.54, 1.807) is 6.07 Å². The van der Waals surface area contributed by atoms with Crippen molar-refractivity contribution >= 4 is 11.7 Å². The van der Waals surface area contributed by atoms with Gasteiger partial charge in [0.25, 0.3) is 0 Å². The molecule has 19 heavy (non-hydrogen) atoms. The van der Waals surface area contributed by atoms with Gasteiger partial charge in [-0.15, -0.1) is 0 Å². The van der Waals surface area contributed by atoms with Crippen molar-refractivity contribution in [2.24, 2.45) is 5.41 Å². The Bertz CT molecular complexity index is 501. The van der Waals surface area contributed by atoms with E-state index >= 15 is 0 Å². The fraction of sp³-hybridized carbons (Fsp3) is 0.533. The lowest BCUT2D eigenvalue weighted by Gasteiger charge is -2.53. The zero-order valence-corrected chi connectivity index (χ0v) is 10.9. The Balaban J connectivity index is 1.74. The van der Waals surface area contributed by atoms with Crippen LogP contribution in [0.5, 0.6) is 0 Å². The van der Waals surface area contributed by atoms with Gasteiger partial charge in [-0.25, -0.2) is 9.18 Å². The fourth-order valence-electron chi connectivity index (χ4n) is 3.44. The molecule has 2 fully saturated rings. The summed E-state index contributed by atoms with van der Waals surface area (Å²) in [6.07, 6.45) is 6.49. The zero-order chi connectivity index (χ0) is 13.5. The number of carboxylic acids is 1. The predicted molar refractivity (Wildman–Crippen MR) is 71.1 cm³/mol. The smallest absolute Gasteiger partial charge is 0.338 e. The third-order valence-corrected chi connectivity index (χ3v) is 4.51. The number of hydrogen-bond donors (Lipinski definition) is 1. The molecule has 102 valence electrons. The maximum atomic E-state index is 13.4. The van der Waals surface area contributed by atoms with E-state index in [0.717, 1.165) is 18.8 Å². The van der Waals surface area contributed by atoms with Crippen LogP contribution in [-0.4, -0.2) is 24.2 Å². The van der Waals surface area contributed by atoms with Crippen LogP contribution in [0.25, 0.3) is 0 Å². The number of benzene rings is 1. The second-order valence-corrected chi connectivity index (χ2v) is 5.89. The maximum absolute atomic E-state index is 13.4. The molecule has 1 N–H and O–H groups in total. The van der Waals surface area contributed by atoms with E-state index in [0.29, 0.717) is 5.41 Å². The molecule has 2 aliphatic rings. The maximum Gasteiger partial charge on any atom is 0.338 e. The molecule has 1 aromatic rings. The van der Waals surface area contributed by atoms with Gasteiger partial charge in [0.15, 0.2) is 0 Å². The highest BCUT2D eigenvalue weighted by Crippen LogP contribution is 2.45. The highest BCUT2D eigenvalue weighted by molar-refractivity contribution is 5.89. The largest absolute Gasteiger partial charge is 0.478 e. The van der Waals surface area contributed by atoms with Gasteiger partial charge in [0.1, 0.15) is 5.82 Å². The molecule has 0 aromatic heterocycles. The first-order chi connectivity index (χ1) is 9.10. The molecule has 0 unspecified atom stereocenters. The van der Waals surface area contributed by atoms with E-state index in [-0.39, 0.29) is 5.56 Å². The van der Waals surface area contributed by atoms with Gasteiger partial charge >= 0.3 is 5.97 Å². The van der Waals surface area contributed by atoms with Crippen molar-refractivity contribution in [2.45, 2.75) is 32.1 Å². The van der Waals surface area contributed by atoms with Crippen LogP contribution in [0.3, 0.4) is 0 Å². The van der Waals surface area contributed by atoms with Gasteiger partial charge in [-0.1, -0.05) is 19.3 Å². The minimum Gasteiger partial charge on any atom is -0.478 e. The number of carboxylic acid groups (broad SMARTS) is 1. The van der Waals surface area contributed by atoms with Crippen molar-refractivity contribution in [3.8, 4) is 0 Å². The summed E-state index contributed by atoms with van der Waals surface area (Å²) in [6.45, 7) is 1.97. The molecule has 1 heterocycles. The molecule has 1 spiro atoms. The standard InChI is InChI=1S/C15H18FNO2/c16-13-5-4-11(8-12(13)14(18)19)17-9-15(10-17)6-2-1-3-7-15/h4-5,8H,1-3,6-7,9-10H2,(H,18,19). The first-order valence-electron chi connectivity index (χ1n) is 6.88. The van der Waals surface area contributed by atoms with Gasteiger partial charge in [-0.2, -0.15) is 0 Å². The van der Waals surface area contributed by atoms with Crippen LogP contribution in [0.2, 0.25) is 0 Å². The normalized spacial score (nSPS) is 21.2. The minimum absolute atomic E-state index is 0.234. The van der Waals surface area contributed by atoms with Gasteiger partial charge in [-0.05, 0) is 31.0 Å². The van der Waals surface area contributed by atoms with Crippen molar-refractivity contribution in [1.29, 1.82) is 0 Å². The number of carbonyl (C=O) groups is 1. The summed E-state index contributed by atoms with van der Waals surface area (Å²) in [7, 11) is 0. The summed E-state index contributed by atoms with van der Waals surface area (Å²) < 4.78 is 13.4. The number of anilines is 1. The summed E-state index contributed by atoms with van der Waals surface area (Å²) in [4.78, 5) is 13.1. The molecule has 1 aliphatic carbocycles. The Labute approximate surface area is 112 Å². The number of nitrogens with zero attached hydrogens (tertiary/aromatic N) is 1. The van der Waals surface area contributed by atoms with E-state index < -0.39 is 11.8 Å². The lowest BCUT2D eigenvalue weighted by Crippen LogP contribution is -2.57. The van der Waals surface area contributed by atoms with Crippen LogP contribution in [0.4, 0.5) is 10.1 Å². The van der Waals surface area contributed by atoms with Crippen LogP contribution in [-0.2, 0) is 0 Å². The molecule has 3 nitrogen and oxygen atoms in total.